The predicted molar refractivity (Wildman–Crippen MR) is 136 cm³/mol. The first kappa shape index (κ1) is 24.3. The molecule has 180 valence electrons. The van der Waals surface area contributed by atoms with Gasteiger partial charge in [-0.3, -0.25) is 19.3 Å². The van der Waals surface area contributed by atoms with E-state index in [1.807, 2.05) is 53.4 Å². The molecule has 0 aliphatic carbocycles. The summed E-state index contributed by atoms with van der Waals surface area (Å²) in [6.45, 7) is 4.81. The molecule has 2 heterocycles. The number of thioether (sulfide) groups is 1. The third kappa shape index (κ3) is 6.61. The summed E-state index contributed by atoms with van der Waals surface area (Å²) in [7, 11) is 0. The lowest BCUT2D eigenvalue weighted by molar-refractivity contribution is -0.130. The van der Waals surface area contributed by atoms with E-state index < -0.39 is 0 Å². The summed E-state index contributed by atoms with van der Waals surface area (Å²) in [6.07, 6.45) is 0.254. The Bertz CT molecular complexity index is 965. The summed E-state index contributed by atoms with van der Waals surface area (Å²) < 4.78 is 0. The Labute approximate surface area is 205 Å². The van der Waals surface area contributed by atoms with Crippen molar-refractivity contribution in [2.24, 2.45) is 5.92 Å². The third-order valence-corrected chi connectivity index (χ3v) is 7.34. The summed E-state index contributed by atoms with van der Waals surface area (Å²) in [5.41, 5.74) is 2.08. The molecule has 1 unspecified atom stereocenters. The minimum atomic E-state index is -0.310. The molecular weight excluding hydrogens is 448 g/mol. The van der Waals surface area contributed by atoms with Crippen LogP contribution in [0.4, 0.5) is 5.69 Å². The Balaban J connectivity index is 1.11. The van der Waals surface area contributed by atoms with Crippen molar-refractivity contribution in [3.8, 4) is 0 Å². The summed E-state index contributed by atoms with van der Waals surface area (Å²) >= 11 is 1.66. The summed E-state index contributed by atoms with van der Waals surface area (Å²) in [4.78, 5) is 43.3. The van der Waals surface area contributed by atoms with E-state index in [1.54, 1.807) is 16.7 Å². The molecule has 0 saturated carbocycles. The molecule has 1 N–H and O–H groups in total. The van der Waals surface area contributed by atoms with Gasteiger partial charge in [-0.15, -0.1) is 11.8 Å². The summed E-state index contributed by atoms with van der Waals surface area (Å²) in [5, 5.41) is 3.00. The maximum atomic E-state index is 12.6. The molecule has 3 amide bonds. The zero-order valence-corrected chi connectivity index (χ0v) is 20.2. The SMILES string of the molecule is O=C(NCCN1CCN(C(=O)CSCc2ccccc2)CC1)C1CC(=O)N(c2ccccc2)C1. The second-order valence-electron chi connectivity index (χ2n) is 8.73. The van der Waals surface area contributed by atoms with Crippen molar-refractivity contribution in [2.45, 2.75) is 12.2 Å². The van der Waals surface area contributed by atoms with Crippen molar-refractivity contribution in [2.75, 3.05) is 56.5 Å². The van der Waals surface area contributed by atoms with Crippen molar-refractivity contribution < 1.29 is 14.4 Å². The lowest BCUT2D eigenvalue weighted by atomic mass is 10.1. The topological polar surface area (TPSA) is 73.0 Å². The number of carbonyl (C=O) groups is 3. The monoisotopic (exact) mass is 480 g/mol. The molecule has 2 saturated heterocycles. The second kappa shape index (κ2) is 12.0. The van der Waals surface area contributed by atoms with Gasteiger partial charge in [0, 0.05) is 63.7 Å². The Morgan fingerprint density at radius 3 is 2.32 bits per heavy atom. The summed E-state index contributed by atoms with van der Waals surface area (Å²) in [6, 6.07) is 19.7. The molecule has 0 radical (unpaired) electrons. The van der Waals surface area contributed by atoms with Gasteiger partial charge in [-0.1, -0.05) is 48.5 Å². The van der Waals surface area contributed by atoms with Gasteiger partial charge in [-0.2, -0.15) is 0 Å². The van der Waals surface area contributed by atoms with E-state index in [4.69, 9.17) is 0 Å². The number of hydrogen-bond acceptors (Lipinski definition) is 5. The highest BCUT2D eigenvalue weighted by molar-refractivity contribution is 7.99. The van der Waals surface area contributed by atoms with Gasteiger partial charge in [0.15, 0.2) is 0 Å². The molecule has 0 aromatic heterocycles. The average molecular weight is 481 g/mol. The van der Waals surface area contributed by atoms with Crippen LogP contribution in [0.1, 0.15) is 12.0 Å². The van der Waals surface area contributed by atoms with Crippen LogP contribution in [0.2, 0.25) is 0 Å². The number of benzene rings is 2. The maximum Gasteiger partial charge on any atom is 0.232 e. The lowest BCUT2D eigenvalue weighted by Crippen LogP contribution is -2.51. The van der Waals surface area contributed by atoms with Crippen LogP contribution in [0.3, 0.4) is 0 Å². The van der Waals surface area contributed by atoms with Crippen LogP contribution in [0.25, 0.3) is 0 Å². The molecule has 4 rings (SSSR count). The first-order valence-corrected chi connectivity index (χ1v) is 13.0. The van der Waals surface area contributed by atoms with Crippen LogP contribution >= 0.6 is 11.8 Å². The van der Waals surface area contributed by atoms with E-state index >= 15 is 0 Å². The molecule has 2 aliphatic heterocycles. The van der Waals surface area contributed by atoms with Crippen molar-refractivity contribution in [3.05, 3.63) is 66.2 Å². The normalized spacial score (nSPS) is 18.8. The van der Waals surface area contributed by atoms with Crippen LogP contribution in [-0.4, -0.2) is 79.1 Å². The van der Waals surface area contributed by atoms with E-state index in [-0.39, 0.29) is 30.1 Å². The Hall–Kier alpha value is -2.84. The average Bonchev–Trinajstić information content (AvgIpc) is 3.27. The van der Waals surface area contributed by atoms with Gasteiger partial charge in [0.2, 0.25) is 17.7 Å². The molecule has 0 bridgehead atoms. The van der Waals surface area contributed by atoms with Crippen molar-refractivity contribution in [3.63, 3.8) is 0 Å². The van der Waals surface area contributed by atoms with Gasteiger partial charge < -0.3 is 15.1 Å². The molecule has 0 spiro atoms. The quantitative estimate of drug-likeness (QED) is 0.596. The van der Waals surface area contributed by atoms with Crippen LogP contribution in [0.15, 0.2) is 60.7 Å². The van der Waals surface area contributed by atoms with Gasteiger partial charge in [0.05, 0.1) is 11.7 Å². The molecule has 8 heteroatoms. The van der Waals surface area contributed by atoms with Gasteiger partial charge in [-0.25, -0.2) is 0 Å². The van der Waals surface area contributed by atoms with E-state index in [2.05, 4.69) is 22.3 Å². The number of carbonyl (C=O) groups excluding carboxylic acids is 3. The van der Waals surface area contributed by atoms with Gasteiger partial charge >= 0.3 is 0 Å². The largest absolute Gasteiger partial charge is 0.355 e. The second-order valence-corrected chi connectivity index (χ2v) is 9.72. The highest BCUT2D eigenvalue weighted by Gasteiger charge is 2.35. The van der Waals surface area contributed by atoms with Gasteiger partial charge in [0.1, 0.15) is 0 Å². The number of nitrogens with zero attached hydrogens (tertiary/aromatic N) is 3. The first-order chi connectivity index (χ1) is 16.6. The van der Waals surface area contributed by atoms with E-state index in [1.165, 1.54) is 5.56 Å². The Kier molecular flexibility index (Phi) is 8.60. The molecule has 7 nitrogen and oxygen atoms in total. The molecule has 1 atom stereocenters. The number of rotatable bonds is 9. The molecule has 2 aromatic rings. The number of nitrogens with one attached hydrogen (secondary N) is 1. The number of para-hydroxylation sites is 1. The molecule has 2 fully saturated rings. The van der Waals surface area contributed by atoms with Crippen LogP contribution in [-0.2, 0) is 20.1 Å². The number of hydrogen-bond donors (Lipinski definition) is 1. The first-order valence-electron chi connectivity index (χ1n) is 11.8. The minimum absolute atomic E-state index is 0.00549. The maximum absolute atomic E-state index is 12.6. The number of piperazine rings is 1. The van der Waals surface area contributed by atoms with E-state index in [9.17, 15) is 14.4 Å². The van der Waals surface area contributed by atoms with Gasteiger partial charge in [-0.05, 0) is 17.7 Å². The standard InChI is InChI=1S/C26H32N4O3S/c31-24-17-22(18-30(24)23-9-5-2-6-10-23)26(33)27-11-12-28-13-15-29(16-14-28)25(32)20-34-19-21-7-3-1-4-8-21/h1-10,22H,11-20H2,(H,27,33). The van der Waals surface area contributed by atoms with Crippen molar-refractivity contribution >= 4 is 35.2 Å². The van der Waals surface area contributed by atoms with E-state index in [0.717, 1.165) is 44.2 Å². The number of amides is 3. The van der Waals surface area contributed by atoms with E-state index in [0.29, 0.717) is 18.8 Å². The van der Waals surface area contributed by atoms with Crippen LogP contribution in [0, 0.1) is 5.92 Å². The Morgan fingerprint density at radius 1 is 0.941 bits per heavy atom. The van der Waals surface area contributed by atoms with Crippen molar-refractivity contribution in [1.29, 1.82) is 0 Å². The minimum Gasteiger partial charge on any atom is -0.355 e. The zero-order valence-electron chi connectivity index (χ0n) is 19.4. The molecule has 2 aromatic carbocycles. The Morgan fingerprint density at radius 2 is 1.62 bits per heavy atom. The molecular formula is C26H32N4O3S. The fourth-order valence-electron chi connectivity index (χ4n) is 4.36. The zero-order chi connectivity index (χ0) is 23.8. The fourth-order valence-corrected chi connectivity index (χ4v) is 5.25. The highest BCUT2D eigenvalue weighted by atomic mass is 32.2. The summed E-state index contributed by atoms with van der Waals surface area (Å²) in [5.74, 6) is 1.18. The van der Waals surface area contributed by atoms with Crippen LogP contribution < -0.4 is 10.2 Å². The highest BCUT2D eigenvalue weighted by Crippen LogP contribution is 2.24. The van der Waals surface area contributed by atoms with Gasteiger partial charge in [0.25, 0.3) is 0 Å². The molecule has 34 heavy (non-hydrogen) atoms. The fraction of sp³-hybridized carbons (Fsp3) is 0.423. The van der Waals surface area contributed by atoms with Crippen molar-refractivity contribution in [1.82, 2.24) is 15.1 Å². The number of anilines is 1. The third-order valence-electron chi connectivity index (χ3n) is 6.35. The smallest absolute Gasteiger partial charge is 0.232 e. The lowest BCUT2D eigenvalue weighted by Gasteiger charge is -2.34. The predicted octanol–water partition coefficient (Wildman–Crippen LogP) is 2.23. The van der Waals surface area contributed by atoms with Crippen LogP contribution in [0.5, 0.6) is 0 Å². The molecule has 2 aliphatic rings.